The number of nitrogens with one attached hydrogen (secondary N) is 2. The fourth-order valence-corrected chi connectivity index (χ4v) is 3.65. The number of benzene rings is 1. The molecule has 1 aromatic heterocycles. The van der Waals surface area contributed by atoms with Crippen molar-refractivity contribution < 1.29 is 8.42 Å². The molecule has 0 atom stereocenters. The highest BCUT2D eigenvalue weighted by atomic mass is 32.2. The molecule has 0 aliphatic carbocycles. The van der Waals surface area contributed by atoms with Gasteiger partial charge >= 0.3 is 0 Å². The minimum atomic E-state index is -3.77. The Bertz CT molecular complexity index is 928. The maximum Gasteiger partial charge on any atom is 0.255 e. The van der Waals surface area contributed by atoms with Gasteiger partial charge in [0.05, 0.1) is 10.4 Å². The highest BCUT2D eigenvalue weighted by Crippen LogP contribution is 2.20. The van der Waals surface area contributed by atoms with Crippen LogP contribution in [0.15, 0.2) is 45.1 Å². The monoisotopic (exact) mass is 351 g/mol. The average Bonchev–Trinajstić information content (AvgIpc) is 2.45. The van der Waals surface area contributed by atoms with Crippen molar-refractivity contribution in [1.82, 2.24) is 9.71 Å². The number of fused-ring (bicyclic) bond motifs is 1. The second-order valence-electron chi connectivity index (χ2n) is 6.02. The van der Waals surface area contributed by atoms with E-state index in [1.165, 1.54) is 18.3 Å². The van der Waals surface area contributed by atoms with Gasteiger partial charge in [0.2, 0.25) is 10.0 Å². The normalized spacial score (nSPS) is 12.2. The molecule has 0 aliphatic heterocycles. The number of H-pyrrole nitrogens is 1. The number of aliphatic imine (C=N–C) groups is 1. The number of nitrogens with two attached hydrogens (primary N) is 2. The van der Waals surface area contributed by atoms with Gasteiger partial charge in [-0.05, 0) is 38.5 Å². The molecule has 130 valence electrons. The van der Waals surface area contributed by atoms with Crippen LogP contribution >= 0.6 is 0 Å². The maximum atomic E-state index is 12.6. The van der Waals surface area contributed by atoms with E-state index in [1.54, 1.807) is 26.0 Å². The van der Waals surface area contributed by atoms with E-state index in [0.29, 0.717) is 17.2 Å². The summed E-state index contributed by atoms with van der Waals surface area (Å²) in [5.41, 5.74) is 9.80. The van der Waals surface area contributed by atoms with E-state index >= 15 is 0 Å². The molecule has 9 heteroatoms. The molecule has 6 N–H and O–H groups in total. The van der Waals surface area contributed by atoms with Crippen molar-refractivity contribution in [3.8, 4) is 0 Å². The number of aromatic amines is 1. The number of rotatable bonds is 6. The topological polar surface area (TPSA) is 143 Å². The molecule has 0 bridgehead atoms. The van der Waals surface area contributed by atoms with Crippen molar-refractivity contribution in [2.45, 2.75) is 30.7 Å². The molecule has 0 saturated heterocycles. The highest BCUT2D eigenvalue weighted by molar-refractivity contribution is 7.89. The first-order valence-corrected chi connectivity index (χ1v) is 8.82. The van der Waals surface area contributed by atoms with Gasteiger partial charge < -0.3 is 16.5 Å². The first kappa shape index (κ1) is 18.0. The summed E-state index contributed by atoms with van der Waals surface area (Å²) in [5, 5.41) is 0.693. The van der Waals surface area contributed by atoms with Crippen LogP contribution in [0.3, 0.4) is 0 Å². The van der Waals surface area contributed by atoms with Gasteiger partial charge in [-0.2, -0.15) is 0 Å². The number of pyridine rings is 1. The van der Waals surface area contributed by atoms with Gasteiger partial charge in [-0.15, -0.1) is 0 Å². The van der Waals surface area contributed by atoms with Crippen LogP contribution in [-0.2, 0) is 10.0 Å². The molecule has 0 saturated carbocycles. The van der Waals surface area contributed by atoms with Gasteiger partial charge in [-0.3, -0.25) is 4.79 Å². The Balaban J connectivity index is 2.25. The molecule has 2 aromatic rings. The van der Waals surface area contributed by atoms with Crippen molar-refractivity contribution in [3.05, 3.63) is 40.8 Å². The number of nitrogens with zero attached hydrogens (tertiary/aromatic N) is 1. The molecule has 8 nitrogen and oxygen atoms in total. The SMILES string of the molecule is CC(C)(CCNS(=O)(=O)c1cccc2c(=O)[nH]ccc12)N=C(N)N. The lowest BCUT2D eigenvalue weighted by atomic mass is 10.0. The van der Waals surface area contributed by atoms with E-state index in [0.717, 1.165) is 0 Å². The second kappa shape index (κ2) is 6.62. The van der Waals surface area contributed by atoms with Gasteiger partial charge in [0, 0.05) is 23.5 Å². The van der Waals surface area contributed by atoms with Crippen molar-refractivity contribution in [3.63, 3.8) is 0 Å². The predicted octanol–water partition coefficient (Wildman–Crippen LogP) is 0.249. The molecular weight excluding hydrogens is 330 g/mol. The minimum absolute atomic E-state index is 0.0452. The first-order valence-electron chi connectivity index (χ1n) is 7.33. The van der Waals surface area contributed by atoms with Crippen LogP contribution in [0, 0.1) is 0 Å². The van der Waals surface area contributed by atoms with Crippen LogP contribution in [0.1, 0.15) is 20.3 Å². The summed E-state index contributed by atoms with van der Waals surface area (Å²) in [6.07, 6.45) is 1.83. The van der Waals surface area contributed by atoms with E-state index in [4.69, 9.17) is 11.5 Å². The standard InChI is InChI=1S/C15H21N5O3S/c1-15(2,20-14(16)17)7-9-19-24(22,23)12-5-3-4-11-10(12)6-8-18-13(11)21/h3-6,8,19H,7,9H2,1-2H3,(H,18,21)(H4,16,17,20). The zero-order valence-corrected chi connectivity index (χ0v) is 14.4. The van der Waals surface area contributed by atoms with Gasteiger partial charge in [-0.1, -0.05) is 6.07 Å². The summed E-state index contributed by atoms with van der Waals surface area (Å²) in [4.78, 5) is 18.4. The molecule has 1 heterocycles. The quantitative estimate of drug-likeness (QED) is 0.435. The lowest BCUT2D eigenvalue weighted by Gasteiger charge is -2.20. The molecule has 0 unspecified atom stereocenters. The van der Waals surface area contributed by atoms with Crippen LogP contribution in [0.4, 0.5) is 0 Å². The number of aromatic nitrogens is 1. The van der Waals surface area contributed by atoms with Crippen LogP contribution in [-0.4, -0.2) is 31.4 Å². The third-order valence-corrected chi connectivity index (χ3v) is 5.04. The zero-order valence-electron chi connectivity index (χ0n) is 13.5. The molecule has 1 aromatic carbocycles. The van der Waals surface area contributed by atoms with E-state index in [-0.39, 0.29) is 23.0 Å². The summed E-state index contributed by atoms with van der Waals surface area (Å²) in [5.74, 6) is -0.0452. The van der Waals surface area contributed by atoms with Crippen molar-refractivity contribution in [1.29, 1.82) is 0 Å². The highest BCUT2D eigenvalue weighted by Gasteiger charge is 2.21. The first-order chi connectivity index (χ1) is 11.1. The Morgan fingerprint density at radius 3 is 2.62 bits per heavy atom. The average molecular weight is 351 g/mol. The minimum Gasteiger partial charge on any atom is -0.370 e. The largest absolute Gasteiger partial charge is 0.370 e. The zero-order chi connectivity index (χ0) is 18.0. The van der Waals surface area contributed by atoms with E-state index in [1.807, 2.05) is 0 Å². The van der Waals surface area contributed by atoms with Crippen LogP contribution in [0.5, 0.6) is 0 Å². The summed E-state index contributed by atoms with van der Waals surface area (Å²) < 4.78 is 27.6. The third-order valence-electron chi connectivity index (χ3n) is 3.53. The Kier molecular flexibility index (Phi) is 4.95. The molecular formula is C15H21N5O3S. The van der Waals surface area contributed by atoms with Crippen LogP contribution < -0.4 is 21.7 Å². The Morgan fingerprint density at radius 2 is 1.96 bits per heavy atom. The smallest absolute Gasteiger partial charge is 0.255 e. The van der Waals surface area contributed by atoms with E-state index in [2.05, 4.69) is 14.7 Å². The van der Waals surface area contributed by atoms with Gasteiger partial charge in [0.25, 0.3) is 5.56 Å². The lowest BCUT2D eigenvalue weighted by Crippen LogP contribution is -2.33. The second-order valence-corrected chi connectivity index (χ2v) is 7.76. The van der Waals surface area contributed by atoms with Gasteiger partial charge in [0.15, 0.2) is 5.96 Å². The van der Waals surface area contributed by atoms with Crippen LogP contribution in [0.2, 0.25) is 0 Å². The third kappa shape index (κ3) is 4.12. The molecule has 0 radical (unpaired) electrons. The van der Waals surface area contributed by atoms with Gasteiger partial charge in [-0.25, -0.2) is 18.1 Å². The number of guanidine groups is 1. The lowest BCUT2D eigenvalue weighted by molar-refractivity contribution is 0.474. The van der Waals surface area contributed by atoms with Gasteiger partial charge in [0.1, 0.15) is 0 Å². The molecule has 2 rings (SSSR count). The van der Waals surface area contributed by atoms with E-state index in [9.17, 15) is 13.2 Å². The molecule has 0 amide bonds. The fraction of sp³-hybridized carbons (Fsp3) is 0.333. The van der Waals surface area contributed by atoms with E-state index < -0.39 is 15.6 Å². The predicted molar refractivity (Wildman–Crippen MR) is 94.3 cm³/mol. The summed E-state index contributed by atoms with van der Waals surface area (Å²) in [6.45, 7) is 3.77. The Hall–Kier alpha value is -2.39. The molecule has 0 aliphatic rings. The molecule has 0 fully saturated rings. The van der Waals surface area contributed by atoms with Crippen LogP contribution in [0.25, 0.3) is 10.8 Å². The van der Waals surface area contributed by atoms with Crippen molar-refractivity contribution >= 4 is 26.8 Å². The summed E-state index contributed by atoms with van der Waals surface area (Å²) in [7, 11) is -3.77. The molecule has 24 heavy (non-hydrogen) atoms. The molecule has 0 spiro atoms. The maximum absolute atomic E-state index is 12.6. The summed E-state index contributed by atoms with van der Waals surface area (Å²) >= 11 is 0. The summed E-state index contributed by atoms with van der Waals surface area (Å²) in [6, 6.07) is 6.14. The van der Waals surface area contributed by atoms with Crippen molar-refractivity contribution in [2.24, 2.45) is 16.5 Å². The Labute approximate surface area is 140 Å². The fourth-order valence-electron chi connectivity index (χ4n) is 2.40. The number of hydrogen-bond acceptors (Lipinski definition) is 4. The Morgan fingerprint density at radius 1 is 1.25 bits per heavy atom. The van der Waals surface area contributed by atoms with Crippen molar-refractivity contribution in [2.75, 3.05) is 6.54 Å². The number of hydrogen-bond donors (Lipinski definition) is 4. The number of sulfonamides is 1.